The molecule has 1 atom stereocenters. The molecule has 25 heavy (non-hydrogen) atoms. The molecular formula is C21H25NO3. The number of carbonyl (C=O) groups is 1. The SMILES string of the molecule is C=CCOc1ccc(NC(=O)[C@@H](C)Oc2cc(C)cc(C)c2C)cc1. The third kappa shape index (κ3) is 5.11. The van der Waals surface area contributed by atoms with Crippen molar-refractivity contribution in [2.75, 3.05) is 11.9 Å². The minimum absolute atomic E-state index is 0.196. The Morgan fingerprint density at radius 1 is 1.20 bits per heavy atom. The Kier molecular flexibility index (Phi) is 6.23. The Morgan fingerprint density at radius 2 is 1.88 bits per heavy atom. The molecule has 0 aliphatic carbocycles. The predicted molar refractivity (Wildman–Crippen MR) is 102 cm³/mol. The van der Waals surface area contributed by atoms with Crippen molar-refractivity contribution in [2.24, 2.45) is 0 Å². The van der Waals surface area contributed by atoms with Crippen molar-refractivity contribution in [3.05, 3.63) is 65.7 Å². The summed E-state index contributed by atoms with van der Waals surface area (Å²) >= 11 is 0. The third-order valence-corrected chi connectivity index (χ3v) is 3.93. The molecule has 2 aromatic carbocycles. The van der Waals surface area contributed by atoms with Crippen molar-refractivity contribution in [3.8, 4) is 11.5 Å². The van der Waals surface area contributed by atoms with E-state index in [1.54, 1.807) is 37.3 Å². The van der Waals surface area contributed by atoms with Crippen LogP contribution in [0.3, 0.4) is 0 Å². The first-order valence-corrected chi connectivity index (χ1v) is 8.30. The van der Waals surface area contributed by atoms with Crippen molar-refractivity contribution in [1.29, 1.82) is 0 Å². The van der Waals surface area contributed by atoms with Crippen molar-refractivity contribution < 1.29 is 14.3 Å². The number of amides is 1. The summed E-state index contributed by atoms with van der Waals surface area (Å²) in [5, 5.41) is 2.85. The summed E-state index contributed by atoms with van der Waals surface area (Å²) in [4.78, 5) is 12.4. The van der Waals surface area contributed by atoms with Gasteiger partial charge in [-0.1, -0.05) is 18.7 Å². The summed E-state index contributed by atoms with van der Waals surface area (Å²) in [6.45, 7) is 11.9. The molecule has 2 rings (SSSR count). The Hall–Kier alpha value is -2.75. The number of benzene rings is 2. The molecule has 132 valence electrons. The summed E-state index contributed by atoms with van der Waals surface area (Å²) in [6.07, 6.45) is 1.08. The smallest absolute Gasteiger partial charge is 0.265 e. The topological polar surface area (TPSA) is 47.6 Å². The first-order valence-electron chi connectivity index (χ1n) is 8.30. The maximum Gasteiger partial charge on any atom is 0.265 e. The quantitative estimate of drug-likeness (QED) is 0.751. The number of hydrogen-bond acceptors (Lipinski definition) is 3. The molecule has 4 nitrogen and oxygen atoms in total. The second kappa shape index (κ2) is 8.38. The van der Waals surface area contributed by atoms with Gasteiger partial charge < -0.3 is 14.8 Å². The van der Waals surface area contributed by atoms with Crippen LogP contribution in [0.15, 0.2) is 49.1 Å². The van der Waals surface area contributed by atoms with Crippen LogP contribution in [0.25, 0.3) is 0 Å². The van der Waals surface area contributed by atoms with Gasteiger partial charge in [0.25, 0.3) is 5.91 Å². The van der Waals surface area contributed by atoms with E-state index in [4.69, 9.17) is 9.47 Å². The van der Waals surface area contributed by atoms with Crippen molar-refractivity contribution in [1.82, 2.24) is 0 Å². The van der Waals surface area contributed by atoms with Gasteiger partial charge in [-0.2, -0.15) is 0 Å². The van der Waals surface area contributed by atoms with Crippen LogP contribution >= 0.6 is 0 Å². The van der Waals surface area contributed by atoms with Gasteiger partial charge in [-0.25, -0.2) is 0 Å². The summed E-state index contributed by atoms with van der Waals surface area (Å²) in [7, 11) is 0. The molecule has 0 fully saturated rings. The molecule has 0 bridgehead atoms. The first kappa shape index (κ1) is 18.6. The highest BCUT2D eigenvalue weighted by Crippen LogP contribution is 2.24. The van der Waals surface area contributed by atoms with E-state index in [1.165, 1.54) is 0 Å². The number of rotatable bonds is 7. The van der Waals surface area contributed by atoms with Crippen LogP contribution in [0, 0.1) is 20.8 Å². The average molecular weight is 339 g/mol. The molecular weight excluding hydrogens is 314 g/mol. The average Bonchev–Trinajstić information content (AvgIpc) is 2.58. The van der Waals surface area contributed by atoms with E-state index in [0.717, 1.165) is 28.2 Å². The number of ether oxygens (including phenoxy) is 2. The summed E-state index contributed by atoms with van der Waals surface area (Å²) in [6, 6.07) is 11.3. The second-order valence-electron chi connectivity index (χ2n) is 6.08. The van der Waals surface area contributed by atoms with E-state index in [2.05, 4.69) is 18.0 Å². The summed E-state index contributed by atoms with van der Waals surface area (Å²) in [5.41, 5.74) is 4.01. The lowest BCUT2D eigenvalue weighted by Gasteiger charge is -2.18. The van der Waals surface area contributed by atoms with Crippen molar-refractivity contribution in [3.63, 3.8) is 0 Å². The van der Waals surface area contributed by atoms with Gasteiger partial charge in [-0.05, 0) is 74.7 Å². The molecule has 0 aliphatic rings. The maximum atomic E-state index is 12.4. The standard InChI is InChI=1S/C21H25NO3/c1-6-11-24-19-9-7-18(8-10-19)22-21(23)17(5)25-20-13-14(2)12-15(3)16(20)4/h6-10,12-13,17H,1,11H2,2-5H3,(H,22,23)/t17-/m1/s1. The molecule has 2 aromatic rings. The van der Waals surface area contributed by atoms with E-state index in [1.807, 2.05) is 26.8 Å². The third-order valence-electron chi connectivity index (χ3n) is 3.93. The highest BCUT2D eigenvalue weighted by molar-refractivity contribution is 5.94. The number of nitrogens with one attached hydrogen (secondary N) is 1. The lowest BCUT2D eigenvalue weighted by Crippen LogP contribution is -2.30. The van der Waals surface area contributed by atoms with Crippen LogP contribution in [0.4, 0.5) is 5.69 Å². The minimum Gasteiger partial charge on any atom is -0.490 e. The molecule has 0 unspecified atom stereocenters. The lowest BCUT2D eigenvalue weighted by atomic mass is 10.1. The fourth-order valence-electron chi connectivity index (χ4n) is 2.40. The first-order chi connectivity index (χ1) is 11.9. The molecule has 0 radical (unpaired) electrons. The highest BCUT2D eigenvalue weighted by atomic mass is 16.5. The van der Waals surface area contributed by atoms with Gasteiger partial charge in [-0.3, -0.25) is 4.79 Å². The van der Waals surface area contributed by atoms with Crippen LogP contribution < -0.4 is 14.8 Å². The van der Waals surface area contributed by atoms with Gasteiger partial charge in [0.1, 0.15) is 18.1 Å². The molecule has 0 aliphatic heterocycles. The number of carbonyl (C=O) groups excluding carboxylic acids is 1. The van der Waals surface area contributed by atoms with Crippen molar-refractivity contribution in [2.45, 2.75) is 33.8 Å². The predicted octanol–water partition coefficient (Wildman–Crippen LogP) is 4.58. The second-order valence-corrected chi connectivity index (χ2v) is 6.08. The van der Waals surface area contributed by atoms with E-state index < -0.39 is 6.10 Å². The van der Waals surface area contributed by atoms with Gasteiger partial charge in [0.05, 0.1) is 0 Å². The summed E-state index contributed by atoms with van der Waals surface area (Å²) < 4.78 is 11.3. The highest BCUT2D eigenvalue weighted by Gasteiger charge is 2.16. The minimum atomic E-state index is -0.600. The maximum absolute atomic E-state index is 12.4. The molecule has 0 aromatic heterocycles. The Balaban J connectivity index is 1.99. The van der Waals surface area contributed by atoms with Gasteiger partial charge in [0.15, 0.2) is 6.10 Å². The molecule has 0 spiro atoms. The normalized spacial score (nSPS) is 11.5. The lowest BCUT2D eigenvalue weighted by molar-refractivity contribution is -0.122. The van der Waals surface area contributed by atoms with Gasteiger partial charge >= 0.3 is 0 Å². The molecule has 0 saturated carbocycles. The molecule has 1 N–H and O–H groups in total. The largest absolute Gasteiger partial charge is 0.490 e. The van der Waals surface area contributed by atoms with Crippen LogP contribution in [0.1, 0.15) is 23.6 Å². The van der Waals surface area contributed by atoms with Gasteiger partial charge in [-0.15, -0.1) is 0 Å². The zero-order valence-electron chi connectivity index (χ0n) is 15.3. The van der Waals surface area contributed by atoms with Crippen LogP contribution in [0.2, 0.25) is 0 Å². The van der Waals surface area contributed by atoms with E-state index in [-0.39, 0.29) is 5.91 Å². The Bertz CT molecular complexity index is 750. The zero-order valence-corrected chi connectivity index (χ0v) is 15.3. The Labute approximate surface area is 149 Å². The fraction of sp³-hybridized carbons (Fsp3) is 0.286. The molecule has 4 heteroatoms. The molecule has 1 amide bonds. The van der Waals surface area contributed by atoms with E-state index in [0.29, 0.717) is 12.3 Å². The van der Waals surface area contributed by atoms with Crippen LogP contribution in [0.5, 0.6) is 11.5 Å². The van der Waals surface area contributed by atoms with Gasteiger partial charge in [0.2, 0.25) is 0 Å². The van der Waals surface area contributed by atoms with Crippen LogP contribution in [-0.2, 0) is 4.79 Å². The van der Waals surface area contributed by atoms with Crippen LogP contribution in [-0.4, -0.2) is 18.6 Å². The molecule has 0 heterocycles. The zero-order chi connectivity index (χ0) is 18.4. The van der Waals surface area contributed by atoms with Crippen molar-refractivity contribution >= 4 is 11.6 Å². The summed E-state index contributed by atoms with van der Waals surface area (Å²) in [5.74, 6) is 1.28. The number of anilines is 1. The molecule has 0 saturated heterocycles. The number of hydrogen-bond donors (Lipinski definition) is 1. The van der Waals surface area contributed by atoms with E-state index >= 15 is 0 Å². The van der Waals surface area contributed by atoms with E-state index in [9.17, 15) is 4.79 Å². The fourth-order valence-corrected chi connectivity index (χ4v) is 2.40. The Morgan fingerprint density at radius 3 is 2.52 bits per heavy atom. The monoisotopic (exact) mass is 339 g/mol. The number of aryl methyl sites for hydroxylation is 2. The van der Waals surface area contributed by atoms with Gasteiger partial charge in [0, 0.05) is 5.69 Å².